The van der Waals surface area contributed by atoms with Gasteiger partial charge in [0.1, 0.15) is 11.6 Å². The molecule has 0 bridgehead atoms. The summed E-state index contributed by atoms with van der Waals surface area (Å²) in [5.74, 6) is -0.0358. The molecule has 4 heterocycles. The van der Waals surface area contributed by atoms with E-state index in [-0.39, 0.29) is 46.1 Å². The van der Waals surface area contributed by atoms with E-state index < -0.39 is 11.5 Å². The Labute approximate surface area is 262 Å². The molecule has 0 saturated carbocycles. The summed E-state index contributed by atoms with van der Waals surface area (Å²) in [6.45, 7) is 18.6. The number of halogens is 2. The van der Waals surface area contributed by atoms with Crippen molar-refractivity contribution in [1.29, 1.82) is 0 Å². The number of amides is 1. The number of carbonyl (C=O) groups excluding carboxylic acids is 1. The zero-order valence-corrected chi connectivity index (χ0v) is 27.0. The van der Waals surface area contributed by atoms with Crippen LogP contribution in [0.4, 0.5) is 10.2 Å². The number of pyridine rings is 2. The Balaban J connectivity index is 1.84. The highest BCUT2D eigenvalue weighted by molar-refractivity contribution is 6.33. The number of carbonyl (C=O) groups is 1. The summed E-state index contributed by atoms with van der Waals surface area (Å²) < 4.78 is 16.6. The highest BCUT2D eigenvalue weighted by atomic mass is 35.5. The van der Waals surface area contributed by atoms with Crippen molar-refractivity contribution in [1.82, 2.24) is 24.4 Å². The molecule has 0 spiro atoms. The van der Waals surface area contributed by atoms with Gasteiger partial charge in [-0.25, -0.2) is 18.7 Å². The van der Waals surface area contributed by atoms with Crippen LogP contribution in [0.1, 0.15) is 70.3 Å². The van der Waals surface area contributed by atoms with Gasteiger partial charge in [-0.3, -0.25) is 9.78 Å². The first-order valence-electron chi connectivity index (χ1n) is 14.9. The molecule has 230 valence electrons. The summed E-state index contributed by atoms with van der Waals surface area (Å²) in [7, 11) is 0. The summed E-state index contributed by atoms with van der Waals surface area (Å²) in [6, 6.07) is 9.65. The van der Waals surface area contributed by atoms with Crippen LogP contribution in [0.2, 0.25) is 5.02 Å². The van der Waals surface area contributed by atoms with Crippen LogP contribution in [0.25, 0.3) is 28.0 Å². The Kier molecular flexibility index (Phi) is 8.62. The topological polar surface area (TPSA) is 84.2 Å². The Bertz CT molecular complexity index is 1840. The molecule has 0 radical (unpaired) electrons. The fraction of sp³-hybridized carbons (Fsp3) is 0.382. The van der Waals surface area contributed by atoms with E-state index in [1.807, 2.05) is 45.6 Å². The summed E-state index contributed by atoms with van der Waals surface area (Å²) >= 11 is 6.84. The molecule has 1 fully saturated rings. The number of rotatable bonds is 6. The third-order valence-electron chi connectivity index (χ3n) is 8.24. The highest BCUT2D eigenvalue weighted by Gasteiger charge is 2.34. The molecule has 4 aromatic rings. The SMILES string of the molecule is C=CC(=O)N1C[C@H](C)N(c2nc(=O)n(-c3c(C)cc(C(C)C)nc3C(C)C)c3nc(-c4ccccc4F)c(Cl)cc23)C[C@H]1C. The minimum atomic E-state index is -0.532. The van der Waals surface area contributed by atoms with E-state index in [2.05, 4.69) is 25.4 Å². The molecule has 8 nitrogen and oxygen atoms in total. The fourth-order valence-electron chi connectivity index (χ4n) is 5.92. The van der Waals surface area contributed by atoms with Crippen molar-refractivity contribution in [3.8, 4) is 16.9 Å². The van der Waals surface area contributed by atoms with Crippen LogP contribution in [0, 0.1) is 12.7 Å². The van der Waals surface area contributed by atoms with E-state index in [9.17, 15) is 9.59 Å². The molecular weight excluding hydrogens is 579 g/mol. The van der Waals surface area contributed by atoms with Crippen LogP contribution in [-0.2, 0) is 4.79 Å². The fourth-order valence-corrected chi connectivity index (χ4v) is 6.17. The smallest absolute Gasteiger partial charge is 0.349 e. The molecule has 2 atom stereocenters. The molecule has 1 aromatic carbocycles. The van der Waals surface area contributed by atoms with E-state index in [1.165, 1.54) is 16.7 Å². The van der Waals surface area contributed by atoms with E-state index >= 15 is 4.39 Å². The third kappa shape index (κ3) is 5.49. The van der Waals surface area contributed by atoms with Crippen molar-refractivity contribution in [2.75, 3.05) is 18.0 Å². The zero-order valence-electron chi connectivity index (χ0n) is 26.2. The second kappa shape index (κ2) is 12.1. The van der Waals surface area contributed by atoms with Gasteiger partial charge >= 0.3 is 5.69 Å². The molecular formula is C34H38ClFN6O2. The Morgan fingerprint density at radius 3 is 2.39 bits per heavy atom. The van der Waals surface area contributed by atoms with Gasteiger partial charge in [0, 0.05) is 36.4 Å². The molecule has 1 aliphatic heterocycles. The number of benzene rings is 1. The van der Waals surface area contributed by atoms with Crippen LogP contribution in [-0.4, -0.2) is 55.5 Å². The lowest BCUT2D eigenvalue weighted by Crippen LogP contribution is -2.58. The minimum absolute atomic E-state index is 0.0151. The number of hydrogen-bond donors (Lipinski definition) is 0. The lowest BCUT2D eigenvalue weighted by molar-refractivity contribution is -0.128. The maximum Gasteiger partial charge on any atom is 0.355 e. The normalized spacial score (nSPS) is 17.2. The molecule has 0 N–H and O–H groups in total. The first-order valence-corrected chi connectivity index (χ1v) is 15.3. The third-order valence-corrected chi connectivity index (χ3v) is 8.53. The highest BCUT2D eigenvalue weighted by Crippen LogP contribution is 2.37. The average Bonchev–Trinajstić information content (AvgIpc) is 2.97. The largest absolute Gasteiger partial charge is 0.355 e. The van der Waals surface area contributed by atoms with Crippen molar-refractivity contribution in [3.05, 3.63) is 87.3 Å². The van der Waals surface area contributed by atoms with Gasteiger partial charge < -0.3 is 9.80 Å². The number of piperazine rings is 1. The first-order chi connectivity index (χ1) is 20.8. The maximum atomic E-state index is 15.1. The molecule has 0 aliphatic carbocycles. The second-order valence-electron chi connectivity index (χ2n) is 12.2. The second-order valence-corrected chi connectivity index (χ2v) is 12.6. The van der Waals surface area contributed by atoms with Gasteiger partial charge in [0.15, 0.2) is 5.65 Å². The summed E-state index contributed by atoms with van der Waals surface area (Å²) in [5.41, 5.74) is 3.35. The van der Waals surface area contributed by atoms with Crippen molar-refractivity contribution < 1.29 is 9.18 Å². The number of aromatic nitrogens is 4. The van der Waals surface area contributed by atoms with Gasteiger partial charge in [-0.15, -0.1) is 0 Å². The number of anilines is 1. The van der Waals surface area contributed by atoms with Crippen LogP contribution < -0.4 is 10.6 Å². The number of hydrogen-bond acceptors (Lipinski definition) is 6. The monoisotopic (exact) mass is 616 g/mol. The standard InChI is InChI=1S/C34H38ClFN6O2/c1-9-28(43)40-16-22(8)41(17-21(40)7)32-24-15-25(35)30(23-12-10-11-13-26(23)36)38-33(24)42(34(44)39-32)31-20(6)14-27(18(2)3)37-29(31)19(4)5/h9-15,18-19,21-22H,1,16-17H2,2-8H3/t21-,22+/m1/s1. The molecule has 0 unspecified atom stereocenters. The van der Waals surface area contributed by atoms with Gasteiger partial charge in [0.2, 0.25) is 5.91 Å². The summed E-state index contributed by atoms with van der Waals surface area (Å²) in [5, 5.41) is 0.769. The molecule has 1 saturated heterocycles. The lowest BCUT2D eigenvalue weighted by atomic mass is 10.00. The number of nitrogens with zero attached hydrogens (tertiary/aromatic N) is 6. The molecule has 5 rings (SSSR count). The summed E-state index contributed by atoms with van der Waals surface area (Å²) in [4.78, 5) is 45.1. The van der Waals surface area contributed by atoms with Crippen LogP contribution >= 0.6 is 11.6 Å². The van der Waals surface area contributed by atoms with E-state index in [1.54, 1.807) is 29.2 Å². The quantitative estimate of drug-likeness (QED) is 0.222. The molecule has 3 aromatic heterocycles. The summed E-state index contributed by atoms with van der Waals surface area (Å²) in [6.07, 6.45) is 1.31. The average molecular weight is 617 g/mol. The zero-order chi connectivity index (χ0) is 32.0. The Morgan fingerprint density at radius 1 is 1.05 bits per heavy atom. The van der Waals surface area contributed by atoms with Gasteiger partial charge in [-0.05, 0) is 68.5 Å². The van der Waals surface area contributed by atoms with Gasteiger partial charge in [0.05, 0.1) is 27.5 Å². The molecule has 1 aliphatic rings. The van der Waals surface area contributed by atoms with Gasteiger partial charge in [0.25, 0.3) is 0 Å². The maximum absolute atomic E-state index is 15.1. The predicted molar refractivity (Wildman–Crippen MR) is 174 cm³/mol. The van der Waals surface area contributed by atoms with E-state index in [0.29, 0.717) is 35.6 Å². The Morgan fingerprint density at radius 2 is 1.75 bits per heavy atom. The predicted octanol–water partition coefficient (Wildman–Crippen LogP) is 6.80. The van der Waals surface area contributed by atoms with Crippen molar-refractivity contribution in [2.24, 2.45) is 0 Å². The first kappa shape index (κ1) is 31.3. The van der Waals surface area contributed by atoms with Gasteiger partial charge in [-0.1, -0.05) is 58.0 Å². The van der Waals surface area contributed by atoms with E-state index in [4.69, 9.17) is 21.6 Å². The van der Waals surface area contributed by atoms with E-state index in [0.717, 1.165) is 17.0 Å². The van der Waals surface area contributed by atoms with Crippen molar-refractivity contribution in [2.45, 2.75) is 72.4 Å². The minimum Gasteiger partial charge on any atom is -0.349 e. The van der Waals surface area contributed by atoms with Crippen molar-refractivity contribution >= 4 is 34.4 Å². The Hall–Kier alpha value is -4.11. The van der Waals surface area contributed by atoms with Crippen LogP contribution in [0.5, 0.6) is 0 Å². The molecule has 44 heavy (non-hydrogen) atoms. The molecule has 1 amide bonds. The molecule has 10 heteroatoms. The van der Waals surface area contributed by atoms with Gasteiger partial charge in [-0.2, -0.15) is 4.98 Å². The van der Waals surface area contributed by atoms with Crippen LogP contribution in [0.15, 0.2) is 53.8 Å². The number of fused-ring (bicyclic) bond motifs is 1. The van der Waals surface area contributed by atoms with Crippen LogP contribution in [0.3, 0.4) is 0 Å². The lowest BCUT2D eigenvalue weighted by Gasteiger charge is -2.44. The number of aryl methyl sites for hydroxylation is 1. The van der Waals surface area contributed by atoms with Crippen molar-refractivity contribution in [3.63, 3.8) is 0 Å².